The lowest BCUT2D eigenvalue weighted by atomic mass is 9.89. The summed E-state index contributed by atoms with van der Waals surface area (Å²) in [5.41, 5.74) is 3.91. The summed E-state index contributed by atoms with van der Waals surface area (Å²) in [4.78, 5) is 12.6. The third-order valence-corrected chi connectivity index (χ3v) is 5.00. The van der Waals surface area contributed by atoms with Crippen molar-refractivity contribution in [2.45, 2.75) is 58.1 Å². The summed E-state index contributed by atoms with van der Waals surface area (Å²) in [5, 5.41) is 3.01. The average Bonchev–Trinajstić information content (AvgIpc) is 2.66. The number of ether oxygens (including phenoxy) is 1. The van der Waals surface area contributed by atoms with Crippen molar-refractivity contribution in [1.29, 1.82) is 0 Å². The van der Waals surface area contributed by atoms with Crippen molar-refractivity contribution in [2.75, 3.05) is 0 Å². The number of para-hydroxylation sites is 1. The van der Waals surface area contributed by atoms with Crippen LogP contribution in [0.25, 0.3) is 0 Å². The summed E-state index contributed by atoms with van der Waals surface area (Å²) >= 11 is 0. The van der Waals surface area contributed by atoms with E-state index in [2.05, 4.69) is 23.5 Å². The SMILES string of the molecule is CC[C@@H](Oc1ccccc1F)C(=O)N[C@H](C)c1ccc2c(c1)CCCC2. The van der Waals surface area contributed by atoms with E-state index in [1.54, 1.807) is 12.1 Å². The average molecular weight is 355 g/mol. The number of rotatable bonds is 6. The van der Waals surface area contributed by atoms with E-state index in [4.69, 9.17) is 4.74 Å². The molecule has 0 radical (unpaired) electrons. The second-order valence-electron chi connectivity index (χ2n) is 6.91. The van der Waals surface area contributed by atoms with Crippen molar-refractivity contribution in [3.8, 4) is 5.75 Å². The maximum absolute atomic E-state index is 13.8. The number of nitrogens with one attached hydrogen (secondary N) is 1. The number of amides is 1. The van der Waals surface area contributed by atoms with Crippen LogP contribution in [-0.2, 0) is 17.6 Å². The Hall–Kier alpha value is -2.36. The standard InChI is InChI=1S/C22H26FNO2/c1-3-20(26-21-11-7-6-10-19(21)23)22(25)24-15(2)17-13-12-16-8-4-5-9-18(16)14-17/h6-7,10-15,20H,3-5,8-9H2,1-2H3,(H,24,25)/t15-,20-/m1/s1. The van der Waals surface area contributed by atoms with Gasteiger partial charge in [-0.1, -0.05) is 37.3 Å². The number of hydrogen-bond acceptors (Lipinski definition) is 2. The highest BCUT2D eigenvalue weighted by atomic mass is 19.1. The summed E-state index contributed by atoms with van der Waals surface area (Å²) in [6, 6.07) is 12.5. The molecule has 4 heteroatoms. The lowest BCUT2D eigenvalue weighted by Crippen LogP contribution is -2.39. The van der Waals surface area contributed by atoms with E-state index >= 15 is 0 Å². The molecule has 0 fully saturated rings. The van der Waals surface area contributed by atoms with Crippen LogP contribution in [0, 0.1) is 5.82 Å². The first kappa shape index (κ1) is 18.4. The number of fused-ring (bicyclic) bond motifs is 1. The van der Waals surface area contributed by atoms with Crippen molar-refractivity contribution < 1.29 is 13.9 Å². The van der Waals surface area contributed by atoms with Gasteiger partial charge in [0.05, 0.1) is 6.04 Å². The zero-order valence-electron chi connectivity index (χ0n) is 15.4. The fraction of sp³-hybridized carbons (Fsp3) is 0.409. The number of halogens is 1. The van der Waals surface area contributed by atoms with Crippen LogP contribution >= 0.6 is 0 Å². The van der Waals surface area contributed by atoms with Gasteiger partial charge in [0.15, 0.2) is 17.7 Å². The van der Waals surface area contributed by atoms with E-state index in [1.807, 2.05) is 13.8 Å². The molecular weight excluding hydrogens is 329 g/mol. The van der Waals surface area contributed by atoms with E-state index in [0.717, 1.165) is 18.4 Å². The van der Waals surface area contributed by atoms with Crippen LogP contribution in [-0.4, -0.2) is 12.0 Å². The summed E-state index contributed by atoms with van der Waals surface area (Å²) < 4.78 is 19.4. The molecule has 2 aromatic rings. The molecule has 2 atom stereocenters. The molecule has 0 spiro atoms. The molecule has 0 aromatic heterocycles. The third-order valence-electron chi connectivity index (χ3n) is 5.00. The first-order valence-electron chi connectivity index (χ1n) is 9.41. The van der Waals surface area contributed by atoms with Crippen molar-refractivity contribution in [3.63, 3.8) is 0 Å². The molecule has 0 saturated carbocycles. The van der Waals surface area contributed by atoms with Gasteiger partial charge in [-0.3, -0.25) is 4.79 Å². The van der Waals surface area contributed by atoms with Crippen LogP contribution in [0.2, 0.25) is 0 Å². The smallest absolute Gasteiger partial charge is 0.261 e. The van der Waals surface area contributed by atoms with E-state index in [1.165, 1.54) is 36.1 Å². The molecule has 0 bridgehead atoms. The molecule has 0 unspecified atom stereocenters. The number of aryl methyl sites for hydroxylation is 2. The van der Waals surface area contributed by atoms with E-state index in [0.29, 0.717) is 6.42 Å². The Labute approximate surface area is 154 Å². The Morgan fingerprint density at radius 3 is 2.62 bits per heavy atom. The molecule has 26 heavy (non-hydrogen) atoms. The predicted molar refractivity (Wildman–Crippen MR) is 101 cm³/mol. The Morgan fingerprint density at radius 1 is 1.15 bits per heavy atom. The van der Waals surface area contributed by atoms with Gasteiger partial charge in [-0.15, -0.1) is 0 Å². The molecule has 3 nitrogen and oxygen atoms in total. The molecule has 3 rings (SSSR count). The molecule has 1 amide bonds. The van der Waals surface area contributed by atoms with Crippen LogP contribution < -0.4 is 10.1 Å². The lowest BCUT2D eigenvalue weighted by molar-refractivity contribution is -0.128. The normalized spacial score (nSPS) is 15.7. The fourth-order valence-corrected chi connectivity index (χ4v) is 3.43. The second kappa shape index (κ2) is 8.35. The Kier molecular flexibility index (Phi) is 5.92. The van der Waals surface area contributed by atoms with E-state index < -0.39 is 11.9 Å². The van der Waals surface area contributed by atoms with Gasteiger partial charge in [0.2, 0.25) is 0 Å². The monoisotopic (exact) mass is 355 g/mol. The minimum Gasteiger partial charge on any atom is -0.478 e. The quantitative estimate of drug-likeness (QED) is 0.813. The fourth-order valence-electron chi connectivity index (χ4n) is 3.43. The zero-order chi connectivity index (χ0) is 18.5. The molecule has 0 saturated heterocycles. The molecule has 1 aliphatic carbocycles. The molecule has 2 aromatic carbocycles. The third kappa shape index (κ3) is 4.24. The Balaban J connectivity index is 1.66. The van der Waals surface area contributed by atoms with Gasteiger partial charge in [0.1, 0.15) is 0 Å². The summed E-state index contributed by atoms with van der Waals surface area (Å²) in [5.74, 6) is -0.571. The maximum Gasteiger partial charge on any atom is 0.261 e. The molecule has 0 heterocycles. The molecular formula is C22H26FNO2. The van der Waals surface area contributed by atoms with Crippen molar-refractivity contribution >= 4 is 5.91 Å². The van der Waals surface area contributed by atoms with Gasteiger partial charge in [0.25, 0.3) is 5.91 Å². The highest BCUT2D eigenvalue weighted by molar-refractivity contribution is 5.81. The first-order chi connectivity index (χ1) is 12.6. The van der Waals surface area contributed by atoms with Crippen molar-refractivity contribution in [1.82, 2.24) is 5.32 Å². The maximum atomic E-state index is 13.8. The number of hydrogen-bond donors (Lipinski definition) is 1. The zero-order valence-corrected chi connectivity index (χ0v) is 15.4. The van der Waals surface area contributed by atoms with Crippen molar-refractivity contribution in [3.05, 3.63) is 65.0 Å². The number of carbonyl (C=O) groups is 1. The first-order valence-corrected chi connectivity index (χ1v) is 9.41. The minimum atomic E-state index is -0.716. The van der Waals surface area contributed by atoms with Gasteiger partial charge >= 0.3 is 0 Å². The highest BCUT2D eigenvalue weighted by Crippen LogP contribution is 2.25. The van der Waals surface area contributed by atoms with Crippen LogP contribution in [0.4, 0.5) is 4.39 Å². The van der Waals surface area contributed by atoms with Crippen molar-refractivity contribution in [2.24, 2.45) is 0 Å². The summed E-state index contributed by atoms with van der Waals surface area (Å²) in [7, 11) is 0. The topological polar surface area (TPSA) is 38.3 Å². The largest absolute Gasteiger partial charge is 0.478 e. The van der Waals surface area contributed by atoms with Crippen LogP contribution in [0.1, 0.15) is 55.8 Å². The molecule has 1 N–H and O–H groups in total. The van der Waals surface area contributed by atoms with Gasteiger partial charge < -0.3 is 10.1 Å². The van der Waals surface area contributed by atoms with E-state index in [9.17, 15) is 9.18 Å². The van der Waals surface area contributed by atoms with Crippen LogP contribution in [0.5, 0.6) is 5.75 Å². The van der Waals surface area contributed by atoms with E-state index in [-0.39, 0.29) is 17.7 Å². The number of benzene rings is 2. The summed E-state index contributed by atoms with van der Waals surface area (Å²) in [6.07, 6.45) is 4.49. The molecule has 138 valence electrons. The van der Waals surface area contributed by atoms with Crippen LogP contribution in [0.15, 0.2) is 42.5 Å². The van der Waals surface area contributed by atoms with Gasteiger partial charge in [-0.2, -0.15) is 0 Å². The van der Waals surface area contributed by atoms with Gasteiger partial charge in [-0.25, -0.2) is 4.39 Å². The van der Waals surface area contributed by atoms with Gasteiger partial charge in [0, 0.05) is 0 Å². The number of carbonyl (C=O) groups excluding carboxylic acids is 1. The Bertz CT molecular complexity index is 774. The van der Waals surface area contributed by atoms with Gasteiger partial charge in [-0.05, 0) is 67.9 Å². The second-order valence-corrected chi connectivity index (χ2v) is 6.91. The lowest BCUT2D eigenvalue weighted by Gasteiger charge is -2.23. The minimum absolute atomic E-state index is 0.107. The highest BCUT2D eigenvalue weighted by Gasteiger charge is 2.22. The molecule has 0 aliphatic heterocycles. The predicted octanol–water partition coefficient (Wildman–Crippen LogP) is 4.74. The summed E-state index contributed by atoms with van der Waals surface area (Å²) in [6.45, 7) is 3.83. The van der Waals surface area contributed by atoms with Crippen LogP contribution in [0.3, 0.4) is 0 Å². The Morgan fingerprint density at radius 2 is 1.88 bits per heavy atom. The molecule has 1 aliphatic rings.